The smallest absolute Gasteiger partial charge is 0.191 e. The van der Waals surface area contributed by atoms with Crippen molar-refractivity contribution in [2.45, 2.75) is 39.5 Å². The average Bonchev–Trinajstić information content (AvgIpc) is 2.81. The molecule has 5 nitrogen and oxygen atoms in total. The van der Waals surface area contributed by atoms with E-state index in [1.54, 1.807) is 0 Å². The first-order valence-electron chi connectivity index (χ1n) is 7.20. The number of rotatable bonds is 4. The van der Waals surface area contributed by atoms with Crippen molar-refractivity contribution in [3.63, 3.8) is 0 Å². The number of likely N-dealkylation sites (tertiary alicyclic amines) is 1. The van der Waals surface area contributed by atoms with E-state index in [9.17, 15) is 0 Å². The van der Waals surface area contributed by atoms with Crippen LogP contribution in [0, 0.1) is 12.8 Å². The number of guanidine groups is 1. The van der Waals surface area contributed by atoms with Gasteiger partial charge in [-0.2, -0.15) is 5.10 Å². The van der Waals surface area contributed by atoms with Crippen LogP contribution >= 0.6 is 0 Å². The highest BCUT2D eigenvalue weighted by Gasteiger charge is 2.16. The van der Waals surface area contributed by atoms with Gasteiger partial charge in [0.1, 0.15) is 0 Å². The molecule has 106 valence electrons. The minimum Gasteiger partial charge on any atom is -0.370 e. The van der Waals surface area contributed by atoms with Gasteiger partial charge >= 0.3 is 0 Å². The molecule has 19 heavy (non-hydrogen) atoms. The Balaban J connectivity index is 1.71. The first kappa shape index (κ1) is 13.9. The average molecular weight is 263 g/mol. The molecule has 0 unspecified atom stereocenters. The highest BCUT2D eigenvalue weighted by atomic mass is 15.3. The normalized spacial score (nSPS) is 18.0. The predicted molar refractivity (Wildman–Crippen MR) is 78.1 cm³/mol. The summed E-state index contributed by atoms with van der Waals surface area (Å²) in [5.41, 5.74) is 8.47. The van der Waals surface area contributed by atoms with Crippen LogP contribution in [0.1, 0.15) is 37.4 Å². The van der Waals surface area contributed by atoms with Crippen molar-refractivity contribution < 1.29 is 0 Å². The van der Waals surface area contributed by atoms with E-state index in [0.29, 0.717) is 0 Å². The Morgan fingerprint density at radius 1 is 1.53 bits per heavy atom. The zero-order valence-electron chi connectivity index (χ0n) is 12.0. The lowest BCUT2D eigenvalue weighted by Gasteiger charge is -2.31. The Bertz CT molecular complexity index is 415. The quantitative estimate of drug-likeness (QED) is 0.493. The molecular formula is C14H25N5. The minimum atomic E-state index is 0.718. The van der Waals surface area contributed by atoms with Gasteiger partial charge in [0.2, 0.25) is 0 Å². The molecule has 0 aliphatic carbocycles. The molecule has 1 fully saturated rings. The fourth-order valence-electron chi connectivity index (χ4n) is 2.43. The summed E-state index contributed by atoms with van der Waals surface area (Å²) in [5, 5.41) is 6.98. The van der Waals surface area contributed by atoms with Crippen molar-refractivity contribution in [1.29, 1.82) is 0 Å². The molecule has 1 saturated heterocycles. The summed E-state index contributed by atoms with van der Waals surface area (Å²) in [5.74, 6) is 1.55. The molecule has 0 atom stereocenters. The Morgan fingerprint density at radius 2 is 2.26 bits per heavy atom. The van der Waals surface area contributed by atoms with Crippen LogP contribution in [0.25, 0.3) is 0 Å². The number of nitrogens with two attached hydrogens (primary N) is 1. The van der Waals surface area contributed by atoms with E-state index in [1.807, 2.05) is 6.20 Å². The SMILES string of the molecule is Cc1[nH]ncc1CCCN=C(N)N1CCC(C)CC1. The standard InChI is InChI=1S/C14H25N5/c1-11-5-8-19(9-6-11)14(15)16-7-3-4-13-10-17-18-12(13)2/h10-11H,3-9H2,1-2H3,(H2,15,16)(H,17,18). The number of aromatic amines is 1. The zero-order chi connectivity index (χ0) is 13.7. The van der Waals surface area contributed by atoms with E-state index < -0.39 is 0 Å². The van der Waals surface area contributed by atoms with Gasteiger partial charge in [-0.05, 0) is 44.1 Å². The maximum atomic E-state index is 6.04. The van der Waals surface area contributed by atoms with Crippen LogP contribution in [0.5, 0.6) is 0 Å². The van der Waals surface area contributed by atoms with Crippen molar-refractivity contribution in [1.82, 2.24) is 15.1 Å². The Kier molecular flexibility index (Phi) is 4.82. The fraction of sp³-hybridized carbons (Fsp3) is 0.714. The second-order valence-corrected chi connectivity index (χ2v) is 5.53. The first-order chi connectivity index (χ1) is 9.16. The largest absolute Gasteiger partial charge is 0.370 e. The topological polar surface area (TPSA) is 70.3 Å². The molecule has 2 rings (SSSR count). The number of hydrogen-bond donors (Lipinski definition) is 2. The van der Waals surface area contributed by atoms with Crippen molar-refractivity contribution in [3.8, 4) is 0 Å². The molecule has 1 aromatic heterocycles. The van der Waals surface area contributed by atoms with Gasteiger partial charge in [-0.1, -0.05) is 6.92 Å². The monoisotopic (exact) mass is 263 g/mol. The minimum absolute atomic E-state index is 0.718. The number of piperidine rings is 1. The summed E-state index contributed by atoms with van der Waals surface area (Å²) in [6, 6.07) is 0. The van der Waals surface area contributed by atoms with Gasteiger partial charge in [0.15, 0.2) is 5.96 Å². The molecule has 1 aliphatic rings. The molecule has 0 aromatic carbocycles. The number of nitrogens with one attached hydrogen (secondary N) is 1. The van der Waals surface area contributed by atoms with Crippen molar-refractivity contribution in [2.75, 3.05) is 19.6 Å². The lowest BCUT2D eigenvalue weighted by Crippen LogP contribution is -2.42. The third-order valence-electron chi connectivity index (χ3n) is 3.92. The van der Waals surface area contributed by atoms with Crippen LogP contribution in [-0.2, 0) is 6.42 Å². The van der Waals surface area contributed by atoms with E-state index >= 15 is 0 Å². The van der Waals surface area contributed by atoms with E-state index in [2.05, 4.69) is 33.9 Å². The van der Waals surface area contributed by atoms with E-state index in [0.717, 1.165) is 50.0 Å². The summed E-state index contributed by atoms with van der Waals surface area (Å²) >= 11 is 0. The highest BCUT2D eigenvalue weighted by molar-refractivity contribution is 5.78. The third kappa shape index (κ3) is 3.98. The third-order valence-corrected chi connectivity index (χ3v) is 3.92. The van der Waals surface area contributed by atoms with Gasteiger partial charge < -0.3 is 10.6 Å². The number of aliphatic imine (C=N–C) groups is 1. The molecule has 0 amide bonds. The number of aromatic nitrogens is 2. The Hall–Kier alpha value is -1.52. The number of hydrogen-bond acceptors (Lipinski definition) is 2. The summed E-state index contributed by atoms with van der Waals surface area (Å²) < 4.78 is 0. The van der Waals surface area contributed by atoms with Crippen molar-refractivity contribution in [2.24, 2.45) is 16.6 Å². The second-order valence-electron chi connectivity index (χ2n) is 5.53. The maximum Gasteiger partial charge on any atom is 0.191 e. The van der Waals surface area contributed by atoms with Gasteiger partial charge in [0.25, 0.3) is 0 Å². The molecule has 0 spiro atoms. The zero-order valence-corrected chi connectivity index (χ0v) is 12.0. The number of aryl methyl sites for hydroxylation is 2. The number of H-pyrrole nitrogens is 1. The lowest BCUT2D eigenvalue weighted by atomic mass is 10.00. The Morgan fingerprint density at radius 3 is 2.89 bits per heavy atom. The molecule has 2 heterocycles. The number of nitrogens with zero attached hydrogens (tertiary/aromatic N) is 3. The molecule has 5 heteroatoms. The molecule has 3 N–H and O–H groups in total. The predicted octanol–water partition coefficient (Wildman–Crippen LogP) is 1.70. The van der Waals surface area contributed by atoms with Crippen molar-refractivity contribution in [3.05, 3.63) is 17.5 Å². The molecule has 0 saturated carbocycles. The van der Waals surface area contributed by atoms with E-state index in [4.69, 9.17) is 5.73 Å². The maximum absolute atomic E-state index is 6.04. The van der Waals surface area contributed by atoms with Gasteiger partial charge in [0, 0.05) is 25.3 Å². The van der Waals surface area contributed by atoms with Crippen LogP contribution in [0.3, 0.4) is 0 Å². The summed E-state index contributed by atoms with van der Waals surface area (Å²) in [6.07, 6.45) is 6.38. The first-order valence-corrected chi connectivity index (χ1v) is 7.20. The molecule has 1 aromatic rings. The molecule has 0 radical (unpaired) electrons. The molecule has 0 bridgehead atoms. The van der Waals surface area contributed by atoms with E-state index in [-0.39, 0.29) is 0 Å². The highest BCUT2D eigenvalue weighted by Crippen LogP contribution is 2.15. The van der Waals surface area contributed by atoms with Crippen LogP contribution in [-0.4, -0.2) is 40.7 Å². The van der Waals surface area contributed by atoms with Gasteiger partial charge in [-0.3, -0.25) is 10.1 Å². The lowest BCUT2D eigenvalue weighted by molar-refractivity contribution is 0.277. The van der Waals surface area contributed by atoms with Crippen LogP contribution in [0.15, 0.2) is 11.2 Å². The van der Waals surface area contributed by atoms with E-state index in [1.165, 1.54) is 18.4 Å². The fourth-order valence-corrected chi connectivity index (χ4v) is 2.43. The van der Waals surface area contributed by atoms with Crippen LogP contribution in [0.4, 0.5) is 0 Å². The summed E-state index contributed by atoms with van der Waals surface area (Å²) in [4.78, 5) is 6.70. The van der Waals surface area contributed by atoms with Crippen LogP contribution < -0.4 is 5.73 Å². The summed E-state index contributed by atoms with van der Waals surface area (Å²) in [6.45, 7) is 7.25. The molecule has 1 aliphatic heterocycles. The van der Waals surface area contributed by atoms with Gasteiger partial charge in [-0.15, -0.1) is 0 Å². The second kappa shape index (κ2) is 6.59. The summed E-state index contributed by atoms with van der Waals surface area (Å²) in [7, 11) is 0. The van der Waals surface area contributed by atoms with Crippen molar-refractivity contribution >= 4 is 5.96 Å². The van der Waals surface area contributed by atoms with Crippen LogP contribution in [0.2, 0.25) is 0 Å². The van der Waals surface area contributed by atoms with Gasteiger partial charge in [-0.25, -0.2) is 0 Å². The molecular weight excluding hydrogens is 238 g/mol. The van der Waals surface area contributed by atoms with Gasteiger partial charge in [0.05, 0.1) is 6.20 Å². The Labute approximate surface area is 115 Å².